The van der Waals surface area contributed by atoms with Gasteiger partial charge in [-0.1, -0.05) is 19.3 Å². The standard InChI is InChI=1S/C18H28N2O/c1-13(2)19-18(21)11-10-16-12-14(3)20(15(16)4)17-8-6-5-7-9-17/h10-13,17H,5-9H2,1-4H3,(H,19,21)/b11-10+. The fourth-order valence-electron chi connectivity index (χ4n) is 3.37. The molecular formula is C18H28N2O. The fourth-order valence-corrected chi connectivity index (χ4v) is 3.37. The molecule has 3 nitrogen and oxygen atoms in total. The lowest BCUT2D eigenvalue weighted by atomic mass is 9.95. The van der Waals surface area contributed by atoms with E-state index in [0.717, 1.165) is 5.56 Å². The van der Waals surface area contributed by atoms with Gasteiger partial charge in [-0.2, -0.15) is 0 Å². The van der Waals surface area contributed by atoms with Gasteiger partial charge in [0.25, 0.3) is 0 Å². The quantitative estimate of drug-likeness (QED) is 0.830. The Hall–Kier alpha value is -1.51. The first kappa shape index (κ1) is 15.9. The first-order valence-electron chi connectivity index (χ1n) is 8.16. The van der Waals surface area contributed by atoms with Gasteiger partial charge in [-0.05, 0) is 58.2 Å². The second-order valence-corrected chi connectivity index (χ2v) is 6.48. The molecule has 1 aromatic heterocycles. The van der Waals surface area contributed by atoms with Crippen molar-refractivity contribution in [3.8, 4) is 0 Å². The molecule has 0 aromatic carbocycles. The summed E-state index contributed by atoms with van der Waals surface area (Å²) in [4.78, 5) is 11.7. The minimum absolute atomic E-state index is 0.0209. The van der Waals surface area contributed by atoms with Gasteiger partial charge in [0, 0.05) is 29.5 Å². The van der Waals surface area contributed by atoms with Crippen LogP contribution in [0.3, 0.4) is 0 Å². The van der Waals surface area contributed by atoms with Gasteiger partial charge in [0.2, 0.25) is 5.91 Å². The minimum atomic E-state index is -0.0209. The minimum Gasteiger partial charge on any atom is -0.350 e. The predicted molar refractivity (Wildman–Crippen MR) is 88.3 cm³/mol. The zero-order valence-electron chi connectivity index (χ0n) is 13.8. The highest BCUT2D eigenvalue weighted by atomic mass is 16.1. The SMILES string of the molecule is Cc1cc(/C=C/C(=O)NC(C)C)c(C)n1C1CCCCC1. The number of nitrogens with one attached hydrogen (secondary N) is 1. The molecule has 1 aliphatic carbocycles. The molecule has 21 heavy (non-hydrogen) atoms. The monoisotopic (exact) mass is 288 g/mol. The predicted octanol–water partition coefficient (Wildman–Crippen LogP) is 4.15. The normalized spacial score (nSPS) is 16.8. The molecular weight excluding hydrogens is 260 g/mol. The van der Waals surface area contributed by atoms with Crippen LogP contribution >= 0.6 is 0 Å². The Kier molecular flexibility index (Phi) is 5.27. The van der Waals surface area contributed by atoms with Crippen molar-refractivity contribution in [2.75, 3.05) is 0 Å². The van der Waals surface area contributed by atoms with Crippen LogP contribution in [0.1, 0.15) is 68.9 Å². The van der Waals surface area contributed by atoms with Gasteiger partial charge in [0.05, 0.1) is 0 Å². The Morgan fingerprint density at radius 1 is 1.29 bits per heavy atom. The molecule has 1 saturated carbocycles. The van der Waals surface area contributed by atoms with Gasteiger partial charge in [-0.15, -0.1) is 0 Å². The maximum Gasteiger partial charge on any atom is 0.244 e. The number of hydrogen-bond acceptors (Lipinski definition) is 1. The highest BCUT2D eigenvalue weighted by Gasteiger charge is 2.19. The van der Waals surface area contributed by atoms with E-state index < -0.39 is 0 Å². The van der Waals surface area contributed by atoms with E-state index in [1.807, 2.05) is 19.9 Å². The van der Waals surface area contributed by atoms with E-state index in [1.165, 1.54) is 43.5 Å². The average molecular weight is 288 g/mol. The number of carbonyl (C=O) groups excluding carboxylic acids is 1. The molecule has 0 aliphatic heterocycles. The van der Waals surface area contributed by atoms with E-state index in [1.54, 1.807) is 6.08 Å². The lowest BCUT2D eigenvalue weighted by Crippen LogP contribution is -2.28. The zero-order valence-corrected chi connectivity index (χ0v) is 13.8. The second-order valence-electron chi connectivity index (χ2n) is 6.48. The Bertz CT molecular complexity index is 520. The van der Waals surface area contributed by atoms with Gasteiger partial charge < -0.3 is 9.88 Å². The molecule has 0 atom stereocenters. The molecule has 2 rings (SSSR count). The molecule has 0 spiro atoms. The summed E-state index contributed by atoms with van der Waals surface area (Å²) in [6.07, 6.45) is 10.2. The third-order valence-electron chi connectivity index (χ3n) is 4.31. The van der Waals surface area contributed by atoms with Crippen LogP contribution in [0.15, 0.2) is 12.1 Å². The number of aromatic nitrogens is 1. The van der Waals surface area contributed by atoms with Crippen LogP contribution in [0, 0.1) is 13.8 Å². The van der Waals surface area contributed by atoms with Crippen molar-refractivity contribution in [1.29, 1.82) is 0 Å². The average Bonchev–Trinajstić information content (AvgIpc) is 2.71. The zero-order chi connectivity index (χ0) is 15.4. The Morgan fingerprint density at radius 2 is 1.95 bits per heavy atom. The maximum atomic E-state index is 11.7. The summed E-state index contributed by atoms with van der Waals surface area (Å²) in [6.45, 7) is 8.29. The number of amides is 1. The number of nitrogens with zero attached hydrogens (tertiary/aromatic N) is 1. The van der Waals surface area contributed by atoms with Crippen LogP contribution < -0.4 is 5.32 Å². The summed E-state index contributed by atoms with van der Waals surface area (Å²) in [7, 11) is 0. The molecule has 0 bridgehead atoms. The molecule has 1 fully saturated rings. The topological polar surface area (TPSA) is 34.0 Å². The molecule has 1 N–H and O–H groups in total. The van der Waals surface area contributed by atoms with Crippen molar-refractivity contribution >= 4 is 12.0 Å². The summed E-state index contributed by atoms with van der Waals surface area (Å²) in [6, 6.07) is 3.02. The lowest BCUT2D eigenvalue weighted by Gasteiger charge is -2.26. The maximum absolute atomic E-state index is 11.7. The largest absolute Gasteiger partial charge is 0.350 e. The molecule has 1 heterocycles. The van der Waals surface area contributed by atoms with Crippen LogP contribution in [0.5, 0.6) is 0 Å². The molecule has 0 unspecified atom stereocenters. The van der Waals surface area contributed by atoms with Gasteiger partial charge in [0.1, 0.15) is 0 Å². The van der Waals surface area contributed by atoms with E-state index in [-0.39, 0.29) is 11.9 Å². The van der Waals surface area contributed by atoms with Crippen molar-refractivity contribution in [1.82, 2.24) is 9.88 Å². The Labute approximate surface area is 128 Å². The number of carbonyl (C=O) groups is 1. The van der Waals surface area contributed by atoms with Crippen molar-refractivity contribution < 1.29 is 4.79 Å². The summed E-state index contributed by atoms with van der Waals surface area (Å²) in [5.74, 6) is -0.0209. The van der Waals surface area contributed by atoms with E-state index in [4.69, 9.17) is 0 Å². The third-order valence-corrected chi connectivity index (χ3v) is 4.31. The fraction of sp³-hybridized carbons (Fsp3) is 0.611. The Morgan fingerprint density at radius 3 is 2.57 bits per heavy atom. The number of aryl methyl sites for hydroxylation is 1. The van der Waals surface area contributed by atoms with Gasteiger partial charge in [0.15, 0.2) is 0 Å². The summed E-state index contributed by atoms with van der Waals surface area (Å²) < 4.78 is 2.47. The lowest BCUT2D eigenvalue weighted by molar-refractivity contribution is -0.116. The highest BCUT2D eigenvalue weighted by Crippen LogP contribution is 2.32. The van der Waals surface area contributed by atoms with E-state index in [9.17, 15) is 4.79 Å². The molecule has 1 amide bonds. The first-order chi connectivity index (χ1) is 9.99. The van der Waals surface area contributed by atoms with Crippen molar-refractivity contribution in [3.05, 3.63) is 29.1 Å². The van der Waals surface area contributed by atoms with Crippen LogP contribution in [-0.4, -0.2) is 16.5 Å². The van der Waals surface area contributed by atoms with Gasteiger partial charge in [-0.25, -0.2) is 0 Å². The molecule has 0 radical (unpaired) electrons. The van der Waals surface area contributed by atoms with Crippen LogP contribution in [0.25, 0.3) is 6.08 Å². The molecule has 116 valence electrons. The van der Waals surface area contributed by atoms with E-state index in [0.29, 0.717) is 6.04 Å². The highest BCUT2D eigenvalue weighted by molar-refractivity contribution is 5.92. The van der Waals surface area contributed by atoms with Crippen LogP contribution in [-0.2, 0) is 4.79 Å². The van der Waals surface area contributed by atoms with Crippen molar-refractivity contribution in [2.45, 2.75) is 71.9 Å². The molecule has 3 heteroatoms. The van der Waals surface area contributed by atoms with Crippen molar-refractivity contribution in [2.24, 2.45) is 0 Å². The molecule has 1 aliphatic rings. The second kappa shape index (κ2) is 6.97. The number of rotatable bonds is 4. The van der Waals surface area contributed by atoms with Crippen LogP contribution in [0.2, 0.25) is 0 Å². The Balaban J connectivity index is 2.14. The summed E-state index contributed by atoms with van der Waals surface area (Å²) in [5.41, 5.74) is 3.76. The van der Waals surface area contributed by atoms with Crippen molar-refractivity contribution in [3.63, 3.8) is 0 Å². The summed E-state index contributed by atoms with van der Waals surface area (Å²) >= 11 is 0. The number of hydrogen-bond donors (Lipinski definition) is 1. The molecule has 1 aromatic rings. The molecule has 0 saturated heterocycles. The first-order valence-corrected chi connectivity index (χ1v) is 8.16. The van der Waals surface area contributed by atoms with Gasteiger partial charge >= 0.3 is 0 Å². The van der Waals surface area contributed by atoms with Gasteiger partial charge in [-0.3, -0.25) is 4.79 Å². The third kappa shape index (κ3) is 3.99. The smallest absolute Gasteiger partial charge is 0.244 e. The van der Waals surface area contributed by atoms with Crippen LogP contribution in [0.4, 0.5) is 0 Å². The van der Waals surface area contributed by atoms with E-state index in [2.05, 4.69) is 29.8 Å². The van der Waals surface area contributed by atoms with E-state index >= 15 is 0 Å². The summed E-state index contributed by atoms with van der Waals surface area (Å²) in [5, 5.41) is 2.88.